The van der Waals surface area contributed by atoms with Crippen LogP contribution in [0.3, 0.4) is 0 Å². The summed E-state index contributed by atoms with van der Waals surface area (Å²) in [6.45, 7) is 5.42. The second-order valence-electron chi connectivity index (χ2n) is 6.03. The van der Waals surface area contributed by atoms with Crippen LogP contribution >= 0.6 is 15.9 Å². The van der Waals surface area contributed by atoms with Gasteiger partial charge >= 0.3 is 0 Å². The predicted octanol–water partition coefficient (Wildman–Crippen LogP) is 4.65. The molecule has 1 aliphatic rings. The van der Waals surface area contributed by atoms with Gasteiger partial charge in [0.1, 0.15) is 5.82 Å². The molecule has 0 amide bonds. The van der Waals surface area contributed by atoms with E-state index in [1.807, 2.05) is 6.07 Å². The van der Waals surface area contributed by atoms with Crippen molar-refractivity contribution in [1.82, 2.24) is 5.32 Å². The first kappa shape index (κ1) is 14.0. The summed E-state index contributed by atoms with van der Waals surface area (Å²) in [7, 11) is 0. The molecule has 1 aromatic rings. The Bertz CT molecular complexity index is 407. The number of nitrogens with one attached hydrogen (secondary N) is 1. The summed E-state index contributed by atoms with van der Waals surface area (Å²) in [5, 5.41) is 3.55. The lowest BCUT2D eigenvalue weighted by Gasteiger charge is -2.34. The molecule has 100 valence electrons. The molecule has 18 heavy (non-hydrogen) atoms. The van der Waals surface area contributed by atoms with Gasteiger partial charge in [-0.2, -0.15) is 0 Å². The lowest BCUT2D eigenvalue weighted by Crippen LogP contribution is -2.35. The normalized spacial score (nSPS) is 20.0. The summed E-state index contributed by atoms with van der Waals surface area (Å²) in [4.78, 5) is 0. The molecule has 0 saturated heterocycles. The van der Waals surface area contributed by atoms with Crippen LogP contribution in [0.2, 0.25) is 0 Å². The van der Waals surface area contributed by atoms with E-state index in [0.717, 1.165) is 12.1 Å². The molecule has 0 aromatic heterocycles. The van der Waals surface area contributed by atoms with Gasteiger partial charge in [0, 0.05) is 12.6 Å². The van der Waals surface area contributed by atoms with Crippen LogP contribution in [0.1, 0.15) is 45.1 Å². The Hall–Kier alpha value is -0.410. The summed E-state index contributed by atoms with van der Waals surface area (Å²) < 4.78 is 14.0. The van der Waals surface area contributed by atoms with Crippen molar-refractivity contribution in [3.05, 3.63) is 34.1 Å². The number of hydrogen-bond acceptors (Lipinski definition) is 1. The Labute approximate surface area is 117 Å². The van der Waals surface area contributed by atoms with Crippen LogP contribution in [-0.2, 0) is 6.54 Å². The highest BCUT2D eigenvalue weighted by Crippen LogP contribution is 2.35. The fourth-order valence-electron chi connectivity index (χ4n) is 2.54. The average Bonchev–Trinajstić information content (AvgIpc) is 2.33. The van der Waals surface area contributed by atoms with Crippen molar-refractivity contribution in [2.45, 2.75) is 52.1 Å². The van der Waals surface area contributed by atoms with E-state index in [1.54, 1.807) is 6.07 Å². The van der Waals surface area contributed by atoms with Crippen LogP contribution in [0, 0.1) is 11.2 Å². The van der Waals surface area contributed by atoms with Crippen molar-refractivity contribution in [3.8, 4) is 0 Å². The molecular weight excluding hydrogens is 293 g/mol. The molecule has 3 heteroatoms. The number of hydrogen-bond donors (Lipinski definition) is 1. The van der Waals surface area contributed by atoms with Crippen molar-refractivity contribution < 1.29 is 4.39 Å². The molecular formula is C15H21BrFN. The number of rotatable bonds is 3. The van der Waals surface area contributed by atoms with Gasteiger partial charge in [0.15, 0.2) is 0 Å². The van der Waals surface area contributed by atoms with Crippen LogP contribution < -0.4 is 5.32 Å². The lowest BCUT2D eigenvalue weighted by atomic mass is 9.75. The molecule has 0 bridgehead atoms. The summed E-state index contributed by atoms with van der Waals surface area (Å²) >= 11 is 3.31. The van der Waals surface area contributed by atoms with Crippen LogP contribution in [0.15, 0.2) is 22.7 Å². The van der Waals surface area contributed by atoms with Crippen molar-refractivity contribution in [2.75, 3.05) is 0 Å². The Morgan fingerprint density at radius 2 is 2.00 bits per heavy atom. The van der Waals surface area contributed by atoms with Gasteiger partial charge in [-0.25, -0.2) is 4.39 Å². The van der Waals surface area contributed by atoms with Crippen molar-refractivity contribution in [3.63, 3.8) is 0 Å². The molecule has 0 spiro atoms. The van der Waals surface area contributed by atoms with E-state index < -0.39 is 0 Å². The minimum atomic E-state index is -0.181. The van der Waals surface area contributed by atoms with Gasteiger partial charge in [-0.15, -0.1) is 0 Å². The molecule has 1 fully saturated rings. The summed E-state index contributed by atoms with van der Waals surface area (Å²) in [6, 6.07) is 5.79. The van der Waals surface area contributed by atoms with E-state index in [2.05, 4.69) is 35.1 Å². The highest BCUT2D eigenvalue weighted by Gasteiger charge is 2.26. The Kier molecular flexibility index (Phi) is 4.44. The average molecular weight is 314 g/mol. The largest absolute Gasteiger partial charge is 0.310 e. The molecule has 1 aliphatic carbocycles. The molecule has 1 N–H and O–H groups in total. The first-order chi connectivity index (χ1) is 8.48. The Morgan fingerprint density at radius 3 is 2.67 bits per heavy atom. The van der Waals surface area contributed by atoms with Gasteiger partial charge in [0.2, 0.25) is 0 Å². The van der Waals surface area contributed by atoms with Gasteiger partial charge in [0.05, 0.1) is 4.47 Å². The van der Waals surface area contributed by atoms with E-state index in [9.17, 15) is 4.39 Å². The van der Waals surface area contributed by atoms with Crippen molar-refractivity contribution in [2.24, 2.45) is 5.41 Å². The second kappa shape index (κ2) is 5.70. The number of benzene rings is 1. The summed E-state index contributed by atoms with van der Waals surface area (Å²) in [6.07, 6.45) is 4.99. The zero-order valence-electron chi connectivity index (χ0n) is 11.1. The first-order valence-corrected chi connectivity index (χ1v) is 7.43. The Balaban J connectivity index is 1.87. The van der Waals surface area contributed by atoms with Gasteiger partial charge in [-0.3, -0.25) is 0 Å². The zero-order chi connectivity index (χ0) is 13.2. The van der Waals surface area contributed by atoms with E-state index in [4.69, 9.17) is 0 Å². The van der Waals surface area contributed by atoms with E-state index in [0.29, 0.717) is 15.9 Å². The monoisotopic (exact) mass is 313 g/mol. The highest BCUT2D eigenvalue weighted by molar-refractivity contribution is 9.10. The lowest BCUT2D eigenvalue weighted by molar-refractivity contribution is 0.206. The highest BCUT2D eigenvalue weighted by atomic mass is 79.9. The fourth-order valence-corrected chi connectivity index (χ4v) is 2.95. The fraction of sp³-hybridized carbons (Fsp3) is 0.600. The standard InChI is InChI=1S/C15H21BrFN/c1-15(2)8-6-12(7-9-15)18-10-11-4-3-5-13(17)14(11)16/h3-5,12,18H,6-10H2,1-2H3. The third kappa shape index (κ3) is 3.55. The van der Waals surface area contributed by atoms with Gasteiger partial charge < -0.3 is 5.32 Å². The molecule has 0 heterocycles. The molecule has 1 saturated carbocycles. The molecule has 0 aliphatic heterocycles. The van der Waals surface area contributed by atoms with Gasteiger partial charge in [-0.05, 0) is 58.7 Å². The maximum absolute atomic E-state index is 13.4. The second-order valence-corrected chi connectivity index (χ2v) is 6.83. The third-order valence-corrected chi connectivity index (χ3v) is 4.84. The molecule has 2 rings (SSSR count). The Morgan fingerprint density at radius 1 is 1.33 bits per heavy atom. The van der Waals surface area contributed by atoms with Crippen molar-refractivity contribution >= 4 is 15.9 Å². The zero-order valence-corrected chi connectivity index (χ0v) is 12.7. The van der Waals surface area contributed by atoms with E-state index >= 15 is 0 Å². The van der Waals surface area contributed by atoms with Crippen LogP contribution in [0.4, 0.5) is 4.39 Å². The van der Waals surface area contributed by atoms with E-state index in [1.165, 1.54) is 31.7 Å². The molecule has 0 atom stereocenters. The maximum atomic E-state index is 13.4. The molecule has 1 aromatic carbocycles. The minimum Gasteiger partial charge on any atom is -0.310 e. The molecule has 1 nitrogen and oxygen atoms in total. The number of halogens is 2. The molecule has 0 unspecified atom stereocenters. The van der Waals surface area contributed by atoms with Crippen LogP contribution in [0.25, 0.3) is 0 Å². The minimum absolute atomic E-state index is 0.181. The summed E-state index contributed by atoms with van der Waals surface area (Å²) in [5.74, 6) is -0.181. The summed E-state index contributed by atoms with van der Waals surface area (Å²) in [5.41, 5.74) is 1.50. The van der Waals surface area contributed by atoms with E-state index in [-0.39, 0.29) is 5.82 Å². The van der Waals surface area contributed by atoms with Gasteiger partial charge in [-0.1, -0.05) is 26.0 Å². The smallest absolute Gasteiger partial charge is 0.137 e. The SMILES string of the molecule is CC1(C)CCC(NCc2cccc(F)c2Br)CC1. The van der Waals surface area contributed by atoms with Crippen LogP contribution in [-0.4, -0.2) is 6.04 Å². The van der Waals surface area contributed by atoms with Crippen molar-refractivity contribution in [1.29, 1.82) is 0 Å². The quantitative estimate of drug-likeness (QED) is 0.856. The first-order valence-electron chi connectivity index (χ1n) is 6.64. The maximum Gasteiger partial charge on any atom is 0.137 e. The van der Waals surface area contributed by atoms with Crippen LogP contribution in [0.5, 0.6) is 0 Å². The third-order valence-electron chi connectivity index (χ3n) is 3.95. The topological polar surface area (TPSA) is 12.0 Å². The van der Waals surface area contributed by atoms with Gasteiger partial charge in [0.25, 0.3) is 0 Å². The predicted molar refractivity (Wildman–Crippen MR) is 77.0 cm³/mol. The molecule has 0 radical (unpaired) electrons.